The summed E-state index contributed by atoms with van der Waals surface area (Å²) in [7, 11) is 0. The van der Waals surface area contributed by atoms with E-state index in [2.05, 4.69) is 0 Å². The van der Waals surface area contributed by atoms with Crippen LogP contribution < -0.4 is 4.74 Å². The molecule has 0 bridgehead atoms. The fourth-order valence-electron chi connectivity index (χ4n) is 2.62. The SMILES string of the molecule is Oc1ccc(-c2ccc(OCCCc3cc(F)cc(F)c3)cc2)cc1. The van der Waals surface area contributed by atoms with E-state index in [0.29, 0.717) is 25.0 Å². The second-order valence-electron chi connectivity index (χ2n) is 5.80. The molecular formula is C21H18F2O2. The molecule has 0 aliphatic carbocycles. The number of phenols is 1. The van der Waals surface area contributed by atoms with Gasteiger partial charge < -0.3 is 9.84 Å². The van der Waals surface area contributed by atoms with Gasteiger partial charge in [0.25, 0.3) is 0 Å². The Labute approximate surface area is 145 Å². The largest absolute Gasteiger partial charge is 0.508 e. The Morgan fingerprint density at radius 1 is 0.760 bits per heavy atom. The van der Waals surface area contributed by atoms with Gasteiger partial charge in [-0.3, -0.25) is 0 Å². The smallest absolute Gasteiger partial charge is 0.126 e. The van der Waals surface area contributed by atoms with E-state index in [1.165, 1.54) is 12.1 Å². The number of ether oxygens (including phenoxy) is 1. The van der Waals surface area contributed by atoms with Gasteiger partial charge in [-0.1, -0.05) is 24.3 Å². The highest BCUT2D eigenvalue weighted by Gasteiger charge is 2.02. The third-order valence-electron chi connectivity index (χ3n) is 3.86. The van der Waals surface area contributed by atoms with Gasteiger partial charge >= 0.3 is 0 Å². The molecular weight excluding hydrogens is 322 g/mol. The zero-order chi connectivity index (χ0) is 17.6. The van der Waals surface area contributed by atoms with E-state index in [0.717, 1.165) is 22.9 Å². The Kier molecular flexibility index (Phi) is 5.29. The first kappa shape index (κ1) is 17.0. The van der Waals surface area contributed by atoms with Crippen LogP contribution in [-0.2, 0) is 6.42 Å². The fourth-order valence-corrected chi connectivity index (χ4v) is 2.62. The third-order valence-corrected chi connectivity index (χ3v) is 3.86. The van der Waals surface area contributed by atoms with Gasteiger partial charge in [-0.05, 0) is 65.9 Å². The molecule has 2 nitrogen and oxygen atoms in total. The summed E-state index contributed by atoms with van der Waals surface area (Å²) in [6, 6.07) is 18.2. The Morgan fingerprint density at radius 3 is 1.92 bits per heavy atom. The molecule has 0 saturated heterocycles. The second-order valence-corrected chi connectivity index (χ2v) is 5.80. The summed E-state index contributed by atoms with van der Waals surface area (Å²) in [4.78, 5) is 0. The molecule has 1 N–H and O–H groups in total. The van der Waals surface area contributed by atoms with E-state index in [1.54, 1.807) is 12.1 Å². The van der Waals surface area contributed by atoms with Gasteiger partial charge in [0.1, 0.15) is 23.1 Å². The predicted octanol–water partition coefficient (Wildman–Crippen LogP) is 5.35. The van der Waals surface area contributed by atoms with Gasteiger partial charge in [0.2, 0.25) is 0 Å². The summed E-state index contributed by atoms with van der Waals surface area (Å²) in [5, 5.41) is 9.32. The molecule has 25 heavy (non-hydrogen) atoms. The normalized spacial score (nSPS) is 10.6. The van der Waals surface area contributed by atoms with Crippen LogP contribution in [-0.4, -0.2) is 11.7 Å². The molecule has 0 spiro atoms. The van der Waals surface area contributed by atoms with Crippen LogP contribution in [0.15, 0.2) is 66.7 Å². The van der Waals surface area contributed by atoms with Crippen LogP contribution in [0.2, 0.25) is 0 Å². The van der Waals surface area contributed by atoms with Gasteiger partial charge in [-0.15, -0.1) is 0 Å². The van der Waals surface area contributed by atoms with Crippen LogP contribution in [0.4, 0.5) is 8.78 Å². The average Bonchev–Trinajstić information content (AvgIpc) is 2.59. The van der Waals surface area contributed by atoms with Crippen molar-refractivity contribution in [1.82, 2.24) is 0 Å². The lowest BCUT2D eigenvalue weighted by molar-refractivity contribution is 0.311. The lowest BCUT2D eigenvalue weighted by atomic mass is 10.1. The van der Waals surface area contributed by atoms with Crippen LogP contribution in [0.25, 0.3) is 11.1 Å². The van der Waals surface area contributed by atoms with Crippen LogP contribution in [0.5, 0.6) is 11.5 Å². The first-order valence-corrected chi connectivity index (χ1v) is 8.07. The minimum absolute atomic E-state index is 0.238. The summed E-state index contributed by atoms with van der Waals surface area (Å²) < 4.78 is 31.9. The Hall–Kier alpha value is -2.88. The standard InChI is InChI=1S/C21H18F2O2/c22-18-12-15(13-19(23)14-18)2-1-11-25-21-9-5-17(6-10-21)16-3-7-20(24)8-4-16/h3-10,12-14,24H,1-2,11H2. The Bertz CT molecular complexity index is 807. The lowest BCUT2D eigenvalue weighted by Crippen LogP contribution is -2.00. The summed E-state index contributed by atoms with van der Waals surface area (Å²) >= 11 is 0. The molecule has 4 heteroatoms. The van der Waals surface area contributed by atoms with Crippen LogP contribution in [0, 0.1) is 11.6 Å². The van der Waals surface area contributed by atoms with E-state index in [-0.39, 0.29) is 5.75 Å². The fraction of sp³-hybridized carbons (Fsp3) is 0.143. The van der Waals surface area contributed by atoms with Crippen molar-refractivity contribution in [2.45, 2.75) is 12.8 Å². The highest BCUT2D eigenvalue weighted by molar-refractivity contribution is 5.64. The molecule has 3 aromatic carbocycles. The van der Waals surface area contributed by atoms with Gasteiger partial charge in [-0.25, -0.2) is 8.78 Å². The van der Waals surface area contributed by atoms with Crippen LogP contribution in [0.3, 0.4) is 0 Å². The maximum atomic E-state index is 13.1. The van der Waals surface area contributed by atoms with Gasteiger partial charge in [0.05, 0.1) is 6.61 Å². The minimum Gasteiger partial charge on any atom is -0.508 e. The lowest BCUT2D eigenvalue weighted by Gasteiger charge is -2.08. The molecule has 0 unspecified atom stereocenters. The van der Waals surface area contributed by atoms with E-state index in [9.17, 15) is 13.9 Å². The zero-order valence-electron chi connectivity index (χ0n) is 13.6. The second kappa shape index (κ2) is 7.79. The maximum absolute atomic E-state index is 13.1. The van der Waals surface area contributed by atoms with Crippen molar-refractivity contribution in [1.29, 1.82) is 0 Å². The van der Waals surface area contributed by atoms with Gasteiger partial charge in [0.15, 0.2) is 0 Å². The third kappa shape index (κ3) is 4.80. The molecule has 0 heterocycles. The van der Waals surface area contributed by atoms with Crippen molar-refractivity contribution in [2.75, 3.05) is 6.61 Å². The van der Waals surface area contributed by atoms with Crippen molar-refractivity contribution >= 4 is 0 Å². The molecule has 3 aromatic rings. The van der Waals surface area contributed by atoms with Crippen molar-refractivity contribution in [3.05, 3.63) is 83.9 Å². The van der Waals surface area contributed by atoms with Crippen LogP contribution in [0.1, 0.15) is 12.0 Å². The molecule has 0 amide bonds. The van der Waals surface area contributed by atoms with E-state index in [1.807, 2.05) is 36.4 Å². The zero-order valence-corrected chi connectivity index (χ0v) is 13.6. The predicted molar refractivity (Wildman–Crippen MR) is 93.7 cm³/mol. The molecule has 0 atom stereocenters. The number of rotatable bonds is 6. The maximum Gasteiger partial charge on any atom is 0.126 e. The molecule has 0 saturated carbocycles. The van der Waals surface area contributed by atoms with E-state index < -0.39 is 11.6 Å². The summed E-state index contributed by atoms with van der Waals surface area (Å²) in [5.41, 5.74) is 2.67. The Morgan fingerprint density at radius 2 is 1.32 bits per heavy atom. The molecule has 0 fully saturated rings. The van der Waals surface area contributed by atoms with Crippen molar-refractivity contribution in [2.24, 2.45) is 0 Å². The summed E-state index contributed by atoms with van der Waals surface area (Å²) in [5.74, 6) is -0.128. The number of hydrogen-bond donors (Lipinski definition) is 1. The molecule has 128 valence electrons. The van der Waals surface area contributed by atoms with Crippen molar-refractivity contribution in [3.63, 3.8) is 0 Å². The highest BCUT2D eigenvalue weighted by atomic mass is 19.1. The number of hydrogen-bond acceptors (Lipinski definition) is 2. The first-order valence-electron chi connectivity index (χ1n) is 8.07. The van der Waals surface area contributed by atoms with Crippen molar-refractivity contribution in [3.8, 4) is 22.6 Å². The minimum atomic E-state index is -0.555. The molecule has 0 aliphatic heterocycles. The number of benzene rings is 3. The quantitative estimate of drug-likeness (QED) is 0.613. The number of phenolic OH excluding ortho intramolecular Hbond substituents is 1. The number of aryl methyl sites for hydroxylation is 1. The number of aromatic hydroxyl groups is 1. The van der Waals surface area contributed by atoms with Gasteiger partial charge in [-0.2, -0.15) is 0 Å². The first-order chi connectivity index (χ1) is 12.1. The number of halogens is 2. The molecule has 0 radical (unpaired) electrons. The topological polar surface area (TPSA) is 29.5 Å². The van der Waals surface area contributed by atoms with Gasteiger partial charge in [0, 0.05) is 6.07 Å². The molecule has 0 aliphatic rings. The van der Waals surface area contributed by atoms with E-state index >= 15 is 0 Å². The van der Waals surface area contributed by atoms with Crippen molar-refractivity contribution < 1.29 is 18.6 Å². The van der Waals surface area contributed by atoms with E-state index in [4.69, 9.17) is 4.74 Å². The molecule has 0 aromatic heterocycles. The van der Waals surface area contributed by atoms with Crippen LogP contribution >= 0.6 is 0 Å². The summed E-state index contributed by atoms with van der Waals surface area (Å²) in [6.07, 6.45) is 1.23. The molecule has 3 rings (SSSR count). The monoisotopic (exact) mass is 340 g/mol. The Balaban J connectivity index is 1.51. The summed E-state index contributed by atoms with van der Waals surface area (Å²) in [6.45, 7) is 0.469. The average molecular weight is 340 g/mol. The highest BCUT2D eigenvalue weighted by Crippen LogP contribution is 2.24.